The molecule has 5 nitrogen and oxygen atoms in total. The average Bonchev–Trinajstić information content (AvgIpc) is 2.78. The van der Waals surface area contributed by atoms with Crippen molar-refractivity contribution in [3.05, 3.63) is 11.7 Å². The Balaban J connectivity index is 2.02. The van der Waals surface area contributed by atoms with Crippen molar-refractivity contribution < 1.29 is 9.32 Å². The molecule has 1 atom stereocenters. The maximum absolute atomic E-state index is 10.3. The number of nitrogens with zero attached hydrogens (tertiary/aromatic N) is 3. The van der Waals surface area contributed by atoms with E-state index in [0.29, 0.717) is 17.6 Å². The molecule has 1 saturated heterocycles. The van der Waals surface area contributed by atoms with E-state index in [9.17, 15) is 4.79 Å². The van der Waals surface area contributed by atoms with Gasteiger partial charge in [0.1, 0.15) is 6.29 Å². The lowest BCUT2D eigenvalue weighted by Gasteiger charge is -2.29. The molecule has 1 aliphatic heterocycles. The predicted molar refractivity (Wildman–Crippen MR) is 58.2 cm³/mol. The summed E-state index contributed by atoms with van der Waals surface area (Å²) in [4.78, 5) is 17.0. The Kier molecular flexibility index (Phi) is 3.66. The van der Waals surface area contributed by atoms with Gasteiger partial charge in [0.25, 0.3) is 0 Å². The average molecular weight is 223 g/mol. The molecule has 0 aliphatic carbocycles. The van der Waals surface area contributed by atoms with Crippen LogP contribution in [-0.2, 0) is 11.2 Å². The Labute approximate surface area is 94.8 Å². The van der Waals surface area contributed by atoms with Gasteiger partial charge in [-0.1, -0.05) is 12.1 Å². The Morgan fingerprint density at radius 3 is 3.25 bits per heavy atom. The van der Waals surface area contributed by atoms with Crippen LogP contribution in [0.15, 0.2) is 4.52 Å². The molecule has 1 aromatic heterocycles. The largest absolute Gasteiger partial charge is 0.339 e. The van der Waals surface area contributed by atoms with Crippen molar-refractivity contribution in [3.8, 4) is 0 Å². The second kappa shape index (κ2) is 5.21. The summed E-state index contributed by atoms with van der Waals surface area (Å²) in [5, 5.41) is 3.80. The van der Waals surface area contributed by atoms with Gasteiger partial charge in [-0.2, -0.15) is 4.98 Å². The molecule has 0 N–H and O–H groups in total. The Morgan fingerprint density at radius 1 is 1.62 bits per heavy atom. The third kappa shape index (κ3) is 2.47. The normalized spacial score (nSPS) is 22.2. The van der Waals surface area contributed by atoms with Crippen LogP contribution in [0, 0.1) is 0 Å². The molecule has 1 fully saturated rings. The third-order valence-electron chi connectivity index (χ3n) is 3.05. The van der Waals surface area contributed by atoms with E-state index < -0.39 is 0 Å². The van der Waals surface area contributed by atoms with Gasteiger partial charge in [-0.05, 0) is 25.9 Å². The number of hydrogen-bond acceptors (Lipinski definition) is 5. The summed E-state index contributed by atoms with van der Waals surface area (Å²) in [5.41, 5.74) is 0. The monoisotopic (exact) mass is 223 g/mol. The standard InChI is InChI=1S/C11H17N3O2/c1-2-14-6-3-4-9(8-14)11-12-10(5-7-15)13-16-11/h7,9H,2-6,8H2,1H3. The van der Waals surface area contributed by atoms with Crippen molar-refractivity contribution in [2.75, 3.05) is 19.6 Å². The Hall–Kier alpha value is -1.23. The van der Waals surface area contributed by atoms with Crippen LogP contribution in [0.25, 0.3) is 0 Å². The highest BCUT2D eigenvalue weighted by Gasteiger charge is 2.24. The molecular weight excluding hydrogens is 206 g/mol. The maximum atomic E-state index is 10.3. The second-order valence-corrected chi connectivity index (χ2v) is 4.15. The van der Waals surface area contributed by atoms with Crippen molar-refractivity contribution in [1.82, 2.24) is 15.0 Å². The maximum Gasteiger partial charge on any atom is 0.231 e. The minimum atomic E-state index is 0.244. The van der Waals surface area contributed by atoms with Crippen LogP contribution in [-0.4, -0.2) is 41.0 Å². The van der Waals surface area contributed by atoms with E-state index in [4.69, 9.17) is 4.52 Å². The molecule has 0 saturated carbocycles. The van der Waals surface area contributed by atoms with E-state index in [1.165, 1.54) is 6.42 Å². The van der Waals surface area contributed by atoms with E-state index in [1.54, 1.807) is 0 Å². The van der Waals surface area contributed by atoms with Gasteiger partial charge in [-0.15, -0.1) is 0 Å². The van der Waals surface area contributed by atoms with Crippen molar-refractivity contribution in [2.45, 2.75) is 32.1 Å². The fraction of sp³-hybridized carbons (Fsp3) is 0.727. The first kappa shape index (κ1) is 11.3. The summed E-state index contributed by atoms with van der Waals surface area (Å²) in [6.45, 7) is 5.36. The van der Waals surface area contributed by atoms with Crippen molar-refractivity contribution in [2.24, 2.45) is 0 Å². The second-order valence-electron chi connectivity index (χ2n) is 4.15. The molecule has 1 unspecified atom stereocenters. The molecule has 5 heteroatoms. The van der Waals surface area contributed by atoms with Gasteiger partial charge in [0.05, 0.1) is 12.3 Å². The summed E-state index contributed by atoms with van der Waals surface area (Å²) in [6, 6.07) is 0. The minimum absolute atomic E-state index is 0.244. The number of likely N-dealkylation sites (N-methyl/N-ethyl adjacent to an activating group) is 1. The molecule has 0 bridgehead atoms. The van der Waals surface area contributed by atoms with Crippen molar-refractivity contribution in [3.63, 3.8) is 0 Å². The summed E-state index contributed by atoms with van der Waals surface area (Å²) in [7, 11) is 0. The zero-order chi connectivity index (χ0) is 11.4. The van der Waals surface area contributed by atoms with Crippen LogP contribution in [0.3, 0.4) is 0 Å². The number of hydrogen-bond donors (Lipinski definition) is 0. The fourth-order valence-corrected chi connectivity index (χ4v) is 2.14. The van der Waals surface area contributed by atoms with E-state index in [2.05, 4.69) is 22.0 Å². The smallest absolute Gasteiger partial charge is 0.231 e. The highest BCUT2D eigenvalue weighted by Crippen LogP contribution is 2.25. The first-order valence-electron chi connectivity index (χ1n) is 5.82. The van der Waals surface area contributed by atoms with Gasteiger partial charge in [-0.3, -0.25) is 0 Å². The topological polar surface area (TPSA) is 59.2 Å². The molecule has 88 valence electrons. The van der Waals surface area contributed by atoms with Crippen LogP contribution in [0.4, 0.5) is 0 Å². The van der Waals surface area contributed by atoms with Gasteiger partial charge in [-0.25, -0.2) is 0 Å². The number of piperidine rings is 1. The molecule has 2 heterocycles. The molecule has 0 spiro atoms. The molecule has 2 rings (SSSR count). The molecular formula is C11H17N3O2. The summed E-state index contributed by atoms with van der Waals surface area (Å²) in [6.07, 6.45) is 3.31. The lowest BCUT2D eigenvalue weighted by atomic mass is 9.98. The zero-order valence-corrected chi connectivity index (χ0v) is 9.56. The fourth-order valence-electron chi connectivity index (χ4n) is 2.14. The highest BCUT2D eigenvalue weighted by atomic mass is 16.5. The molecule has 1 aliphatic rings. The quantitative estimate of drug-likeness (QED) is 0.713. The number of carbonyl (C=O) groups excluding carboxylic acids is 1. The number of aldehydes is 1. The van der Waals surface area contributed by atoms with Gasteiger partial charge >= 0.3 is 0 Å². The number of rotatable bonds is 4. The first-order chi connectivity index (χ1) is 7.83. The molecule has 0 radical (unpaired) electrons. The highest BCUT2D eigenvalue weighted by molar-refractivity contribution is 5.52. The van der Waals surface area contributed by atoms with Crippen molar-refractivity contribution in [1.29, 1.82) is 0 Å². The third-order valence-corrected chi connectivity index (χ3v) is 3.05. The summed E-state index contributed by atoms with van der Waals surface area (Å²) in [5.74, 6) is 1.52. The summed E-state index contributed by atoms with van der Waals surface area (Å²) < 4.78 is 5.20. The molecule has 0 aromatic carbocycles. The van der Waals surface area contributed by atoms with Crippen LogP contribution in [0.1, 0.15) is 37.4 Å². The van der Waals surface area contributed by atoms with E-state index >= 15 is 0 Å². The molecule has 16 heavy (non-hydrogen) atoms. The predicted octanol–water partition coefficient (Wildman–Crippen LogP) is 1.01. The number of carbonyl (C=O) groups is 1. The Bertz CT molecular complexity index is 351. The van der Waals surface area contributed by atoms with Gasteiger partial charge in [0.15, 0.2) is 5.82 Å². The van der Waals surface area contributed by atoms with Crippen LogP contribution >= 0.6 is 0 Å². The van der Waals surface area contributed by atoms with Crippen LogP contribution in [0.5, 0.6) is 0 Å². The molecule has 1 aromatic rings. The van der Waals surface area contributed by atoms with Gasteiger partial charge in [0.2, 0.25) is 5.89 Å². The number of aromatic nitrogens is 2. The zero-order valence-electron chi connectivity index (χ0n) is 9.56. The summed E-state index contributed by atoms with van der Waals surface area (Å²) >= 11 is 0. The minimum Gasteiger partial charge on any atom is -0.339 e. The van der Waals surface area contributed by atoms with E-state index in [0.717, 1.165) is 32.3 Å². The van der Waals surface area contributed by atoms with Gasteiger partial charge in [0, 0.05) is 6.54 Å². The van der Waals surface area contributed by atoms with Crippen LogP contribution in [0.2, 0.25) is 0 Å². The van der Waals surface area contributed by atoms with Crippen molar-refractivity contribution >= 4 is 6.29 Å². The van der Waals surface area contributed by atoms with E-state index in [1.807, 2.05) is 0 Å². The van der Waals surface area contributed by atoms with Gasteiger partial charge < -0.3 is 14.2 Å². The first-order valence-corrected chi connectivity index (χ1v) is 5.82. The molecule has 0 amide bonds. The lowest BCUT2D eigenvalue weighted by Crippen LogP contribution is -2.34. The lowest BCUT2D eigenvalue weighted by molar-refractivity contribution is -0.107. The van der Waals surface area contributed by atoms with Crippen LogP contribution < -0.4 is 0 Å². The Morgan fingerprint density at radius 2 is 2.50 bits per heavy atom. The SMILES string of the molecule is CCN1CCCC(c2nc(CC=O)no2)C1. The van der Waals surface area contributed by atoms with E-state index in [-0.39, 0.29) is 6.42 Å². The number of likely N-dealkylation sites (tertiary alicyclic amines) is 1.